The molecule has 9 heteroatoms. The Morgan fingerprint density at radius 2 is 1.66 bits per heavy atom. The Morgan fingerprint density at radius 3 is 2.45 bits per heavy atom. The van der Waals surface area contributed by atoms with Crippen molar-refractivity contribution in [3.63, 3.8) is 0 Å². The van der Waals surface area contributed by atoms with Gasteiger partial charge in [0, 0.05) is 55.2 Å². The van der Waals surface area contributed by atoms with E-state index >= 15 is 0 Å². The number of anilines is 3. The van der Waals surface area contributed by atoms with E-state index in [1.807, 2.05) is 37.3 Å². The van der Waals surface area contributed by atoms with Crippen molar-refractivity contribution in [3.8, 4) is 0 Å². The molecule has 2 amide bonds. The average molecular weight is 573 g/mol. The fraction of sp³-hybridized carbons (Fsp3) is 0.241. The summed E-state index contributed by atoms with van der Waals surface area (Å²) >= 11 is 6.13. The maximum Gasteiger partial charge on any atom is 0.323 e. The number of carbonyl (C=O) groups is 1. The number of halogens is 3. The molecule has 2 heterocycles. The number of carbonyl (C=O) groups excluding carboxylic acids is 1. The summed E-state index contributed by atoms with van der Waals surface area (Å²) in [6.45, 7) is 7.06. The number of para-hydroxylation sites is 1. The number of nitrogens with zero attached hydrogens (tertiary/aromatic N) is 3. The third-order valence-electron chi connectivity index (χ3n) is 6.58. The summed E-state index contributed by atoms with van der Waals surface area (Å²) in [5.74, 6) is 0. The van der Waals surface area contributed by atoms with Crippen molar-refractivity contribution in [3.05, 3.63) is 95.1 Å². The van der Waals surface area contributed by atoms with E-state index in [-0.39, 0.29) is 30.8 Å². The zero-order chi connectivity index (χ0) is 24.9. The van der Waals surface area contributed by atoms with Crippen LogP contribution in [0.3, 0.4) is 0 Å². The number of aromatic nitrogens is 1. The summed E-state index contributed by atoms with van der Waals surface area (Å²) in [5, 5.41) is 7.43. The molecule has 6 nitrogen and oxygen atoms in total. The first-order valence-electron chi connectivity index (χ1n) is 12.3. The van der Waals surface area contributed by atoms with Gasteiger partial charge in [-0.05, 0) is 67.4 Å². The van der Waals surface area contributed by atoms with Crippen LogP contribution in [0.4, 0.5) is 21.9 Å². The van der Waals surface area contributed by atoms with Crippen LogP contribution in [0.5, 0.6) is 0 Å². The van der Waals surface area contributed by atoms with Crippen LogP contribution in [0, 0.1) is 6.92 Å². The van der Waals surface area contributed by atoms with Gasteiger partial charge in [-0.15, -0.1) is 24.8 Å². The molecule has 4 aromatic rings. The van der Waals surface area contributed by atoms with Crippen molar-refractivity contribution in [2.24, 2.45) is 0 Å². The number of benzene rings is 3. The van der Waals surface area contributed by atoms with Crippen molar-refractivity contribution in [2.45, 2.75) is 13.3 Å². The third kappa shape index (κ3) is 7.29. The number of aryl methyl sites for hydroxylation is 1. The van der Waals surface area contributed by atoms with E-state index < -0.39 is 0 Å². The largest absolute Gasteiger partial charge is 0.368 e. The van der Waals surface area contributed by atoms with Gasteiger partial charge < -0.3 is 15.5 Å². The highest BCUT2D eigenvalue weighted by Crippen LogP contribution is 2.27. The van der Waals surface area contributed by atoms with Gasteiger partial charge in [0.2, 0.25) is 0 Å². The smallest absolute Gasteiger partial charge is 0.323 e. The highest BCUT2D eigenvalue weighted by atomic mass is 35.5. The molecule has 0 radical (unpaired) electrons. The Morgan fingerprint density at radius 1 is 0.895 bits per heavy atom. The molecule has 0 saturated carbocycles. The minimum Gasteiger partial charge on any atom is -0.368 e. The maximum atomic E-state index is 12.4. The number of rotatable bonds is 6. The predicted molar refractivity (Wildman–Crippen MR) is 164 cm³/mol. The van der Waals surface area contributed by atoms with Crippen molar-refractivity contribution in [2.75, 3.05) is 48.3 Å². The van der Waals surface area contributed by atoms with Gasteiger partial charge in [0.15, 0.2) is 0 Å². The van der Waals surface area contributed by atoms with Crippen LogP contribution in [-0.4, -0.2) is 48.6 Å². The standard InChI is InChI=1S/C29H30ClN5O.2ClH/c1-21-12-13-24-26(31-21)10-5-11-28(24)35-18-16-34(17-19-35)15-14-22-6-4-7-23(20-22)32-29(36)33-27-9-3-2-8-25(27)30;;/h2-13,20H,14-19H2,1H3,(H2,32,33,36);2*1H. The van der Waals surface area contributed by atoms with E-state index in [0.29, 0.717) is 10.7 Å². The summed E-state index contributed by atoms with van der Waals surface area (Å²) in [4.78, 5) is 22.1. The van der Waals surface area contributed by atoms with E-state index in [4.69, 9.17) is 11.6 Å². The highest BCUT2D eigenvalue weighted by Gasteiger charge is 2.19. The first kappa shape index (κ1) is 29.5. The van der Waals surface area contributed by atoms with E-state index in [1.54, 1.807) is 12.1 Å². The summed E-state index contributed by atoms with van der Waals surface area (Å²) in [5.41, 5.74) is 5.93. The number of fused-ring (bicyclic) bond motifs is 1. The molecule has 2 N–H and O–H groups in total. The highest BCUT2D eigenvalue weighted by molar-refractivity contribution is 6.33. The number of hydrogen-bond donors (Lipinski definition) is 2. The molecule has 1 aliphatic rings. The van der Waals surface area contributed by atoms with Gasteiger partial charge in [0.1, 0.15) is 0 Å². The molecule has 1 aliphatic heterocycles. The molecule has 0 atom stereocenters. The minimum absolute atomic E-state index is 0. The molecular formula is C29H32Cl3N5O. The number of piperazine rings is 1. The third-order valence-corrected chi connectivity index (χ3v) is 6.91. The Labute approximate surface area is 241 Å². The van der Waals surface area contributed by atoms with Crippen molar-refractivity contribution < 1.29 is 4.79 Å². The molecule has 0 spiro atoms. The lowest BCUT2D eigenvalue weighted by Crippen LogP contribution is -2.47. The minimum atomic E-state index is -0.310. The van der Waals surface area contributed by atoms with Crippen LogP contribution in [0.1, 0.15) is 11.3 Å². The molecule has 38 heavy (non-hydrogen) atoms. The fourth-order valence-electron chi connectivity index (χ4n) is 4.67. The Hall–Kier alpha value is -3.03. The lowest BCUT2D eigenvalue weighted by Gasteiger charge is -2.36. The lowest BCUT2D eigenvalue weighted by molar-refractivity contribution is 0.261. The second-order valence-corrected chi connectivity index (χ2v) is 9.54. The molecule has 1 saturated heterocycles. The second kappa shape index (κ2) is 13.7. The summed E-state index contributed by atoms with van der Waals surface area (Å²) in [6.07, 6.45) is 0.930. The van der Waals surface area contributed by atoms with Crippen LogP contribution in [0.25, 0.3) is 10.9 Å². The first-order chi connectivity index (χ1) is 17.5. The second-order valence-electron chi connectivity index (χ2n) is 9.13. The molecular weight excluding hydrogens is 541 g/mol. The van der Waals surface area contributed by atoms with Crippen LogP contribution >= 0.6 is 36.4 Å². The molecule has 200 valence electrons. The molecule has 0 unspecified atom stereocenters. The van der Waals surface area contributed by atoms with Gasteiger partial charge in [-0.3, -0.25) is 9.88 Å². The molecule has 0 aliphatic carbocycles. The summed E-state index contributed by atoms with van der Waals surface area (Å²) < 4.78 is 0. The lowest BCUT2D eigenvalue weighted by atomic mass is 10.1. The van der Waals surface area contributed by atoms with Crippen molar-refractivity contribution >= 4 is 70.4 Å². The Balaban J connectivity index is 0.00000200. The number of pyridine rings is 1. The molecule has 0 bridgehead atoms. The first-order valence-corrected chi connectivity index (χ1v) is 12.7. The van der Waals surface area contributed by atoms with E-state index in [2.05, 4.69) is 61.8 Å². The quantitative estimate of drug-likeness (QED) is 0.260. The van der Waals surface area contributed by atoms with Gasteiger partial charge in [0.25, 0.3) is 0 Å². The van der Waals surface area contributed by atoms with Crippen molar-refractivity contribution in [1.29, 1.82) is 0 Å². The predicted octanol–water partition coefficient (Wildman–Crippen LogP) is 7.05. The average Bonchev–Trinajstić information content (AvgIpc) is 2.89. The SMILES string of the molecule is Cc1ccc2c(N3CCN(CCc4cccc(NC(=O)Nc5ccccc5Cl)c4)CC3)cccc2n1.Cl.Cl. The van der Waals surface area contributed by atoms with Gasteiger partial charge in [-0.25, -0.2) is 4.79 Å². The van der Waals surface area contributed by atoms with E-state index in [1.165, 1.54) is 16.6 Å². The monoisotopic (exact) mass is 571 g/mol. The summed E-state index contributed by atoms with van der Waals surface area (Å²) in [6, 6.07) is 25.6. The number of nitrogens with one attached hydrogen (secondary N) is 2. The number of hydrogen-bond acceptors (Lipinski definition) is 4. The topological polar surface area (TPSA) is 60.5 Å². The van der Waals surface area contributed by atoms with Gasteiger partial charge in [0.05, 0.1) is 16.2 Å². The van der Waals surface area contributed by atoms with Gasteiger partial charge in [-0.2, -0.15) is 0 Å². The molecule has 1 aromatic heterocycles. The van der Waals surface area contributed by atoms with Crippen LogP contribution in [0.15, 0.2) is 78.9 Å². The maximum absolute atomic E-state index is 12.4. The van der Waals surface area contributed by atoms with Crippen molar-refractivity contribution in [1.82, 2.24) is 9.88 Å². The zero-order valence-electron chi connectivity index (χ0n) is 21.2. The number of amides is 2. The Kier molecular flexibility index (Phi) is 10.6. The normalized spacial score (nSPS) is 13.4. The van der Waals surface area contributed by atoms with Crippen LogP contribution in [-0.2, 0) is 6.42 Å². The fourth-order valence-corrected chi connectivity index (χ4v) is 4.85. The number of urea groups is 1. The summed E-state index contributed by atoms with van der Waals surface area (Å²) in [7, 11) is 0. The van der Waals surface area contributed by atoms with E-state index in [0.717, 1.165) is 56.0 Å². The molecule has 5 rings (SSSR count). The Bertz CT molecular complexity index is 1380. The van der Waals surface area contributed by atoms with Crippen LogP contribution in [0.2, 0.25) is 5.02 Å². The van der Waals surface area contributed by atoms with Gasteiger partial charge >= 0.3 is 6.03 Å². The van der Waals surface area contributed by atoms with Gasteiger partial charge in [-0.1, -0.05) is 41.9 Å². The molecule has 3 aromatic carbocycles. The molecule has 1 fully saturated rings. The van der Waals surface area contributed by atoms with E-state index in [9.17, 15) is 4.79 Å². The zero-order valence-corrected chi connectivity index (χ0v) is 23.6. The van der Waals surface area contributed by atoms with Crippen LogP contribution < -0.4 is 15.5 Å².